The lowest BCUT2D eigenvalue weighted by Crippen LogP contribution is -2.52. The van der Waals surface area contributed by atoms with Gasteiger partial charge < -0.3 is 14.8 Å². The van der Waals surface area contributed by atoms with Gasteiger partial charge in [0, 0.05) is 27.2 Å². The van der Waals surface area contributed by atoms with Gasteiger partial charge in [0.05, 0.1) is 12.1 Å². The molecule has 1 aromatic carbocycles. The molecule has 0 radical (unpaired) electrons. The monoisotopic (exact) mass is 447 g/mol. The summed E-state index contributed by atoms with van der Waals surface area (Å²) < 4.78 is 10.3. The number of amides is 1. The fourth-order valence-electron chi connectivity index (χ4n) is 3.80. The molecule has 0 aliphatic rings. The van der Waals surface area contributed by atoms with E-state index in [-0.39, 0.29) is 25.1 Å². The maximum Gasteiger partial charge on any atom is 0.302 e. The Kier molecular flexibility index (Phi) is 13.3. The van der Waals surface area contributed by atoms with Crippen molar-refractivity contribution in [3.8, 4) is 0 Å². The SMILES string of the molecule is CCCCCCCCc1ccc(CCC(CCOC(C)=O)(COC(C)=O)NC(C)=O)cc1. The third-order valence-corrected chi connectivity index (χ3v) is 5.61. The van der Waals surface area contributed by atoms with Crippen molar-refractivity contribution in [1.82, 2.24) is 5.32 Å². The Morgan fingerprint density at radius 2 is 1.34 bits per heavy atom. The molecule has 1 unspecified atom stereocenters. The van der Waals surface area contributed by atoms with Crippen LogP contribution in [0.5, 0.6) is 0 Å². The van der Waals surface area contributed by atoms with Crippen LogP contribution < -0.4 is 5.32 Å². The lowest BCUT2D eigenvalue weighted by Gasteiger charge is -2.34. The topological polar surface area (TPSA) is 81.7 Å². The summed E-state index contributed by atoms with van der Waals surface area (Å²) in [4.78, 5) is 34.5. The molecule has 0 spiro atoms. The Hall–Kier alpha value is -2.37. The third kappa shape index (κ3) is 12.5. The standard InChI is InChI=1S/C26H41NO5/c1-5-6-7-8-9-10-11-24-12-14-25(15-13-24)16-17-26(27-21(2)28,20-32-23(4)30)18-19-31-22(3)29/h12-15H,5-11,16-20H2,1-4H3,(H,27,28). The fraction of sp³-hybridized carbons (Fsp3) is 0.654. The van der Waals surface area contributed by atoms with Gasteiger partial charge in [-0.25, -0.2) is 0 Å². The largest absolute Gasteiger partial charge is 0.466 e. The van der Waals surface area contributed by atoms with Crippen molar-refractivity contribution >= 4 is 17.8 Å². The zero-order valence-corrected chi connectivity index (χ0v) is 20.3. The van der Waals surface area contributed by atoms with Crippen LogP contribution in [0.3, 0.4) is 0 Å². The van der Waals surface area contributed by atoms with E-state index in [4.69, 9.17) is 9.47 Å². The zero-order valence-electron chi connectivity index (χ0n) is 20.3. The summed E-state index contributed by atoms with van der Waals surface area (Å²) in [5.41, 5.74) is 1.71. The molecule has 0 aliphatic carbocycles. The first-order valence-electron chi connectivity index (χ1n) is 11.9. The van der Waals surface area contributed by atoms with Crippen LogP contribution in [0.15, 0.2) is 24.3 Å². The van der Waals surface area contributed by atoms with Crippen LogP contribution >= 0.6 is 0 Å². The maximum atomic E-state index is 11.9. The highest BCUT2D eigenvalue weighted by molar-refractivity contribution is 5.74. The average Bonchev–Trinajstić information content (AvgIpc) is 2.73. The Balaban J connectivity index is 2.70. The van der Waals surface area contributed by atoms with Crippen molar-refractivity contribution in [2.75, 3.05) is 13.2 Å². The van der Waals surface area contributed by atoms with Gasteiger partial charge in [-0.1, -0.05) is 63.3 Å². The molecule has 0 fully saturated rings. The molecule has 180 valence electrons. The van der Waals surface area contributed by atoms with Gasteiger partial charge in [0.25, 0.3) is 0 Å². The van der Waals surface area contributed by atoms with Crippen molar-refractivity contribution in [2.24, 2.45) is 0 Å². The number of rotatable bonds is 16. The lowest BCUT2D eigenvalue weighted by atomic mass is 9.88. The average molecular weight is 448 g/mol. The summed E-state index contributed by atoms with van der Waals surface area (Å²) in [5, 5.41) is 2.95. The maximum absolute atomic E-state index is 11.9. The molecule has 0 bridgehead atoms. The highest BCUT2D eigenvalue weighted by atomic mass is 16.5. The van der Waals surface area contributed by atoms with Crippen LogP contribution in [0.2, 0.25) is 0 Å². The predicted molar refractivity (Wildman–Crippen MR) is 126 cm³/mol. The number of ether oxygens (including phenoxy) is 2. The number of esters is 2. The minimum atomic E-state index is -0.788. The molecule has 6 nitrogen and oxygen atoms in total. The molecule has 0 saturated heterocycles. The van der Waals surface area contributed by atoms with Crippen LogP contribution in [-0.2, 0) is 36.7 Å². The number of benzene rings is 1. The fourth-order valence-corrected chi connectivity index (χ4v) is 3.80. The molecule has 0 aromatic heterocycles. The molecule has 32 heavy (non-hydrogen) atoms. The summed E-state index contributed by atoms with van der Waals surface area (Å²) in [6.07, 6.45) is 10.5. The summed E-state index contributed by atoms with van der Waals surface area (Å²) in [7, 11) is 0. The van der Waals surface area contributed by atoms with Gasteiger partial charge >= 0.3 is 11.9 Å². The van der Waals surface area contributed by atoms with E-state index >= 15 is 0 Å². The quantitative estimate of drug-likeness (QED) is 0.287. The molecular formula is C26H41NO5. The van der Waals surface area contributed by atoms with Crippen molar-refractivity contribution in [3.05, 3.63) is 35.4 Å². The molecular weight excluding hydrogens is 406 g/mol. The minimum Gasteiger partial charge on any atom is -0.466 e. The second-order valence-corrected chi connectivity index (χ2v) is 8.67. The van der Waals surface area contributed by atoms with E-state index in [2.05, 4.69) is 36.5 Å². The Morgan fingerprint density at radius 3 is 1.91 bits per heavy atom. The molecule has 6 heteroatoms. The van der Waals surface area contributed by atoms with Crippen molar-refractivity contribution in [3.63, 3.8) is 0 Å². The number of aryl methyl sites for hydroxylation is 2. The van der Waals surface area contributed by atoms with E-state index in [1.807, 2.05) is 0 Å². The molecule has 1 aromatic rings. The molecule has 0 heterocycles. The first-order chi connectivity index (χ1) is 15.3. The number of hydrogen-bond donors (Lipinski definition) is 1. The van der Waals surface area contributed by atoms with Crippen LogP contribution in [0.4, 0.5) is 0 Å². The predicted octanol–water partition coefficient (Wildman–Crippen LogP) is 4.91. The van der Waals surface area contributed by atoms with Gasteiger partial charge in [0.15, 0.2) is 0 Å². The smallest absolute Gasteiger partial charge is 0.302 e. The second kappa shape index (κ2) is 15.4. The zero-order chi connectivity index (χ0) is 23.8. The van der Waals surface area contributed by atoms with Gasteiger partial charge in [-0.2, -0.15) is 0 Å². The molecule has 0 aliphatic heterocycles. The van der Waals surface area contributed by atoms with Gasteiger partial charge in [0.1, 0.15) is 6.61 Å². The van der Waals surface area contributed by atoms with E-state index in [1.54, 1.807) is 0 Å². The second-order valence-electron chi connectivity index (χ2n) is 8.67. The summed E-state index contributed by atoms with van der Waals surface area (Å²) >= 11 is 0. The summed E-state index contributed by atoms with van der Waals surface area (Å²) in [5.74, 6) is -1.00. The van der Waals surface area contributed by atoms with E-state index in [1.165, 1.54) is 64.9 Å². The van der Waals surface area contributed by atoms with Gasteiger partial charge in [-0.3, -0.25) is 14.4 Å². The molecule has 1 rings (SSSR count). The van der Waals surface area contributed by atoms with Crippen molar-refractivity contribution < 1.29 is 23.9 Å². The van der Waals surface area contributed by atoms with Crippen LogP contribution in [0.25, 0.3) is 0 Å². The third-order valence-electron chi connectivity index (χ3n) is 5.61. The number of nitrogens with one attached hydrogen (secondary N) is 1. The molecule has 1 amide bonds. The van der Waals surface area contributed by atoms with Crippen LogP contribution in [0.1, 0.15) is 90.2 Å². The first-order valence-corrected chi connectivity index (χ1v) is 11.9. The van der Waals surface area contributed by atoms with Gasteiger partial charge in [-0.15, -0.1) is 0 Å². The van der Waals surface area contributed by atoms with Gasteiger partial charge in [0.2, 0.25) is 5.91 Å². The van der Waals surface area contributed by atoms with E-state index in [0.717, 1.165) is 12.0 Å². The number of carbonyl (C=O) groups excluding carboxylic acids is 3. The Bertz CT molecular complexity index is 701. The van der Waals surface area contributed by atoms with Crippen molar-refractivity contribution in [1.29, 1.82) is 0 Å². The Labute approximate surface area is 193 Å². The summed E-state index contributed by atoms with van der Waals surface area (Å²) in [6.45, 7) is 6.54. The minimum absolute atomic E-state index is 0.0410. The Morgan fingerprint density at radius 1 is 0.781 bits per heavy atom. The highest BCUT2D eigenvalue weighted by Gasteiger charge is 2.32. The molecule has 1 atom stereocenters. The van der Waals surface area contributed by atoms with E-state index in [9.17, 15) is 14.4 Å². The number of carbonyl (C=O) groups is 3. The summed E-state index contributed by atoms with van der Waals surface area (Å²) in [6, 6.07) is 8.60. The normalized spacial score (nSPS) is 12.6. The lowest BCUT2D eigenvalue weighted by molar-refractivity contribution is -0.147. The van der Waals surface area contributed by atoms with Crippen molar-refractivity contribution in [2.45, 2.75) is 97.4 Å². The van der Waals surface area contributed by atoms with Gasteiger partial charge in [-0.05, 0) is 36.8 Å². The van der Waals surface area contributed by atoms with E-state index in [0.29, 0.717) is 19.3 Å². The molecule has 0 saturated carbocycles. The van der Waals surface area contributed by atoms with Crippen LogP contribution in [0, 0.1) is 0 Å². The first kappa shape index (κ1) is 27.7. The number of unbranched alkanes of at least 4 members (excludes halogenated alkanes) is 5. The molecule has 1 N–H and O–H groups in total. The van der Waals surface area contributed by atoms with E-state index < -0.39 is 11.5 Å². The highest BCUT2D eigenvalue weighted by Crippen LogP contribution is 2.21. The number of hydrogen-bond acceptors (Lipinski definition) is 5. The van der Waals surface area contributed by atoms with Crippen LogP contribution in [-0.4, -0.2) is 36.6 Å².